The zero-order valence-electron chi connectivity index (χ0n) is 15.2. The number of thioether (sulfide) groups is 1. The van der Waals surface area contributed by atoms with Crippen LogP contribution in [0.2, 0.25) is 10.0 Å². The number of hydrogen-bond acceptors (Lipinski definition) is 7. The fourth-order valence-electron chi connectivity index (χ4n) is 3.18. The van der Waals surface area contributed by atoms with Crippen molar-refractivity contribution < 1.29 is 0 Å². The molecule has 2 aromatic rings. The van der Waals surface area contributed by atoms with Crippen LogP contribution in [-0.4, -0.2) is 53.6 Å². The van der Waals surface area contributed by atoms with E-state index in [4.69, 9.17) is 28.9 Å². The van der Waals surface area contributed by atoms with Gasteiger partial charge in [-0.15, -0.1) is 10.2 Å². The van der Waals surface area contributed by atoms with Crippen LogP contribution in [0.25, 0.3) is 0 Å². The molecule has 0 saturated carbocycles. The number of nitrogens with two attached hydrogens (primary N) is 1. The van der Waals surface area contributed by atoms with Gasteiger partial charge in [-0.3, -0.25) is 4.90 Å². The molecule has 3 rings (SSSR count). The van der Waals surface area contributed by atoms with E-state index < -0.39 is 0 Å². The van der Waals surface area contributed by atoms with Crippen molar-refractivity contribution in [3.63, 3.8) is 0 Å². The second-order valence-corrected chi connectivity index (χ2v) is 9.85. The largest absolute Gasteiger partial charge is 0.374 e. The highest BCUT2D eigenvalue weighted by Gasteiger charge is 2.17. The van der Waals surface area contributed by atoms with Crippen molar-refractivity contribution in [2.45, 2.75) is 30.0 Å². The minimum absolute atomic E-state index is 0.552. The van der Waals surface area contributed by atoms with Gasteiger partial charge in [-0.05, 0) is 37.6 Å². The first kappa shape index (κ1) is 21.0. The average molecular weight is 446 g/mol. The van der Waals surface area contributed by atoms with Crippen molar-refractivity contribution in [3.05, 3.63) is 28.2 Å². The van der Waals surface area contributed by atoms with E-state index in [2.05, 4.69) is 20.0 Å². The molecule has 0 spiro atoms. The number of piperazine rings is 1. The SMILES string of the molecule is Nc1nnc(SCCCCCCN2CCN(c3cc(Cl)cc(Cl)c3)CC2)s1. The molecule has 0 aliphatic carbocycles. The van der Waals surface area contributed by atoms with Crippen molar-refractivity contribution >= 4 is 57.1 Å². The number of aromatic nitrogens is 2. The smallest absolute Gasteiger partial charge is 0.203 e. The molecule has 2 N–H and O–H groups in total. The van der Waals surface area contributed by atoms with Gasteiger partial charge in [0.05, 0.1) is 0 Å². The second kappa shape index (κ2) is 10.7. The Morgan fingerprint density at radius 3 is 2.33 bits per heavy atom. The number of anilines is 2. The van der Waals surface area contributed by atoms with Gasteiger partial charge in [0, 0.05) is 47.7 Å². The summed E-state index contributed by atoms with van der Waals surface area (Å²) in [5, 5.41) is 9.82. The number of unbranched alkanes of at least 4 members (excludes halogenated alkanes) is 3. The van der Waals surface area contributed by atoms with Crippen LogP contribution in [0.15, 0.2) is 22.5 Å². The summed E-state index contributed by atoms with van der Waals surface area (Å²) >= 11 is 15.5. The lowest BCUT2D eigenvalue weighted by molar-refractivity contribution is 0.252. The summed E-state index contributed by atoms with van der Waals surface area (Å²) in [5.74, 6) is 1.09. The highest BCUT2D eigenvalue weighted by molar-refractivity contribution is 8.01. The standard InChI is InChI=1S/C18H25Cl2N5S2/c19-14-11-15(20)13-16(12-14)25-8-6-24(7-9-25)5-3-1-2-4-10-26-18-23-22-17(21)27-18/h11-13H,1-10H2,(H2,21,22). The predicted octanol–water partition coefficient (Wildman–Crippen LogP) is 4.90. The van der Waals surface area contributed by atoms with Gasteiger partial charge in [-0.25, -0.2) is 0 Å². The lowest BCUT2D eigenvalue weighted by Gasteiger charge is -2.36. The minimum atomic E-state index is 0.552. The van der Waals surface area contributed by atoms with Crippen LogP contribution in [-0.2, 0) is 0 Å². The van der Waals surface area contributed by atoms with E-state index in [9.17, 15) is 0 Å². The van der Waals surface area contributed by atoms with Gasteiger partial charge < -0.3 is 10.6 Å². The molecular weight excluding hydrogens is 421 g/mol. The molecule has 0 atom stereocenters. The molecule has 1 aromatic carbocycles. The van der Waals surface area contributed by atoms with Crippen molar-refractivity contribution in [1.29, 1.82) is 0 Å². The lowest BCUT2D eigenvalue weighted by atomic mass is 10.2. The fourth-order valence-corrected chi connectivity index (χ4v) is 5.40. The van der Waals surface area contributed by atoms with E-state index in [1.54, 1.807) is 17.8 Å². The van der Waals surface area contributed by atoms with Crippen molar-refractivity contribution in [3.8, 4) is 0 Å². The number of halogens is 2. The molecule has 0 bridgehead atoms. The van der Waals surface area contributed by atoms with E-state index in [0.717, 1.165) is 42.0 Å². The van der Waals surface area contributed by atoms with Gasteiger partial charge in [0.25, 0.3) is 0 Å². The molecule has 1 aromatic heterocycles. The van der Waals surface area contributed by atoms with E-state index in [-0.39, 0.29) is 0 Å². The number of benzene rings is 1. The Hall–Kier alpha value is -0.730. The monoisotopic (exact) mass is 445 g/mol. The van der Waals surface area contributed by atoms with Crippen molar-refractivity contribution in [2.24, 2.45) is 0 Å². The van der Waals surface area contributed by atoms with E-state index in [1.807, 2.05) is 12.1 Å². The van der Waals surface area contributed by atoms with Gasteiger partial charge in [-0.2, -0.15) is 0 Å². The van der Waals surface area contributed by atoms with Crippen LogP contribution >= 0.6 is 46.3 Å². The molecule has 1 aliphatic rings. The van der Waals surface area contributed by atoms with Crippen molar-refractivity contribution in [1.82, 2.24) is 15.1 Å². The fraction of sp³-hybridized carbons (Fsp3) is 0.556. The lowest BCUT2D eigenvalue weighted by Crippen LogP contribution is -2.46. The minimum Gasteiger partial charge on any atom is -0.374 e. The summed E-state index contributed by atoms with van der Waals surface area (Å²) in [6.45, 7) is 5.43. The van der Waals surface area contributed by atoms with E-state index in [1.165, 1.54) is 43.6 Å². The Morgan fingerprint density at radius 1 is 0.963 bits per heavy atom. The molecule has 0 amide bonds. The van der Waals surface area contributed by atoms with Crippen LogP contribution in [0.4, 0.5) is 10.8 Å². The molecule has 1 aliphatic heterocycles. The molecule has 1 saturated heterocycles. The third kappa shape index (κ3) is 6.98. The molecular formula is C18H25Cl2N5S2. The van der Waals surface area contributed by atoms with Gasteiger partial charge in [0.15, 0.2) is 4.34 Å². The summed E-state index contributed by atoms with van der Waals surface area (Å²) in [6, 6.07) is 5.78. The van der Waals surface area contributed by atoms with Gasteiger partial charge >= 0.3 is 0 Å². The third-order valence-electron chi connectivity index (χ3n) is 4.60. The van der Waals surface area contributed by atoms with Crippen LogP contribution in [0.5, 0.6) is 0 Å². The molecule has 148 valence electrons. The summed E-state index contributed by atoms with van der Waals surface area (Å²) in [5.41, 5.74) is 6.71. The number of rotatable bonds is 9. The normalized spacial score (nSPS) is 15.4. The first-order valence-corrected chi connectivity index (χ1v) is 11.8. The van der Waals surface area contributed by atoms with Crippen LogP contribution in [0.1, 0.15) is 25.7 Å². The molecule has 5 nitrogen and oxygen atoms in total. The Morgan fingerprint density at radius 2 is 1.67 bits per heavy atom. The summed E-state index contributed by atoms with van der Waals surface area (Å²) in [6.07, 6.45) is 5.03. The molecule has 1 fully saturated rings. The number of hydrogen-bond donors (Lipinski definition) is 1. The average Bonchev–Trinajstić information content (AvgIpc) is 3.06. The van der Waals surface area contributed by atoms with Gasteiger partial charge in [-0.1, -0.05) is 59.1 Å². The number of nitrogens with zero attached hydrogens (tertiary/aromatic N) is 4. The Balaban J connectivity index is 1.25. The molecule has 27 heavy (non-hydrogen) atoms. The maximum Gasteiger partial charge on any atom is 0.203 e. The van der Waals surface area contributed by atoms with Crippen molar-refractivity contribution in [2.75, 3.05) is 49.1 Å². The van der Waals surface area contributed by atoms with Crippen LogP contribution in [0, 0.1) is 0 Å². The van der Waals surface area contributed by atoms with Gasteiger partial charge in [0.1, 0.15) is 0 Å². The Labute approximate surface area is 179 Å². The molecule has 2 heterocycles. The van der Waals surface area contributed by atoms with E-state index >= 15 is 0 Å². The quantitative estimate of drug-likeness (QED) is 0.437. The molecule has 0 radical (unpaired) electrons. The maximum absolute atomic E-state index is 6.12. The Bertz CT molecular complexity index is 699. The van der Waals surface area contributed by atoms with Gasteiger partial charge in [0.2, 0.25) is 5.13 Å². The highest BCUT2D eigenvalue weighted by Crippen LogP contribution is 2.26. The number of nitrogen functional groups attached to an aromatic ring is 1. The van der Waals surface area contributed by atoms with Crippen LogP contribution in [0.3, 0.4) is 0 Å². The Kier molecular flexibility index (Phi) is 8.33. The van der Waals surface area contributed by atoms with E-state index in [0.29, 0.717) is 15.2 Å². The first-order valence-electron chi connectivity index (χ1n) is 9.25. The third-order valence-corrected chi connectivity index (χ3v) is 7.01. The topological polar surface area (TPSA) is 58.3 Å². The summed E-state index contributed by atoms with van der Waals surface area (Å²) in [7, 11) is 0. The zero-order chi connectivity index (χ0) is 19.1. The zero-order valence-corrected chi connectivity index (χ0v) is 18.4. The second-order valence-electron chi connectivity index (χ2n) is 6.63. The predicted molar refractivity (Wildman–Crippen MR) is 119 cm³/mol. The molecule has 0 unspecified atom stereocenters. The molecule has 9 heteroatoms. The highest BCUT2D eigenvalue weighted by atomic mass is 35.5. The first-order chi connectivity index (χ1) is 13.1. The summed E-state index contributed by atoms with van der Waals surface area (Å²) in [4.78, 5) is 4.92. The maximum atomic E-state index is 6.12. The van der Waals surface area contributed by atoms with Crippen LogP contribution < -0.4 is 10.6 Å². The summed E-state index contributed by atoms with van der Waals surface area (Å²) < 4.78 is 0.978.